The van der Waals surface area contributed by atoms with E-state index in [9.17, 15) is 4.79 Å². The topological polar surface area (TPSA) is 38.8 Å². The van der Waals surface area contributed by atoms with Crippen molar-refractivity contribution in [1.82, 2.24) is 4.90 Å². The molecule has 15 heavy (non-hydrogen) atoms. The minimum Gasteiger partial charge on any atom is -0.376 e. The zero-order valence-electron chi connectivity index (χ0n) is 9.86. The summed E-state index contributed by atoms with van der Waals surface area (Å²) in [5, 5.41) is 0. The number of rotatable bonds is 4. The molecule has 0 aromatic carbocycles. The molecule has 2 atom stereocenters. The van der Waals surface area contributed by atoms with Gasteiger partial charge in [-0.05, 0) is 26.2 Å². The van der Waals surface area contributed by atoms with Gasteiger partial charge in [-0.3, -0.25) is 4.79 Å². The number of hydrogen-bond donors (Lipinski definition) is 0. The normalized spacial score (nSPS) is 23.5. The summed E-state index contributed by atoms with van der Waals surface area (Å²) in [5.41, 5.74) is 0. The first-order valence-corrected chi connectivity index (χ1v) is 5.54. The number of amides is 1. The summed E-state index contributed by atoms with van der Waals surface area (Å²) < 4.78 is 10.6. The highest BCUT2D eigenvalue weighted by Crippen LogP contribution is 2.13. The fourth-order valence-electron chi connectivity index (χ4n) is 1.76. The molecular formula is C11H21NO3. The molecule has 1 fully saturated rings. The van der Waals surface area contributed by atoms with E-state index in [1.807, 2.05) is 0 Å². The Kier molecular flexibility index (Phi) is 5.05. The van der Waals surface area contributed by atoms with Crippen LogP contribution >= 0.6 is 0 Å². The molecule has 0 aromatic heterocycles. The molecule has 0 radical (unpaired) electrons. The second-order valence-electron chi connectivity index (χ2n) is 4.09. The molecule has 1 saturated heterocycles. The van der Waals surface area contributed by atoms with Crippen molar-refractivity contribution in [2.24, 2.45) is 0 Å². The Bertz CT molecular complexity index is 202. The van der Waals surface area contributed by atoms with Crippen molar-refractivity contribution >= 4 is 5.91 Å². The smallest absolute Gasteiger partial charge is 0.251 e. The van der Waals surface area contributed by atoms with Gasteiger partial charge in [-0.2, -0.15) is 0 Å². The van der Waals surface area contributed by atoms with Crippen molar-refractivity contribution in [2.75, 3.05) is 27.3 Å². The molecule has 0 bridgehead atoms. The largest absolute Gasteiger partial charge is 0.376 e. The summed E-state index contributed by atoms with van der Waals surface area (Å²) in [6.07, 6.45) is 3.24. The first-order valence-electron chi connectivity index (χ1n) is 5.54. The Balaban J connectivity index is 2.33. The number of likely N-dealkylation sites (N-methyl/N-ethyl adjacent to an activating group) is 1. The van der Waals surface area contributed by atoms with Crippen LogP contribution in [0, 0.1) is 0 Å². The highest BCUT2D eigenvalue weighted by molar-refractivity contribution is 5.80. The second kappa shape index (κ2) is 6.08. The van der Waals surface area contributed by atoms with E-state index in [1.165, 1.54) is 6.42 Å². The van der Waals surface area contributed by atoms with Gasteiger partial charge in [0.25, 0.3) is 5.91 Å². The SMILES string of the molecule is COC(C)C(=O)N(C)CC1CCCCO1. The quantitative estimate of drug-likeness (QED) is 0.703. The molecule has 0 spiro atoms. The van der Waals surface area contributed by atoms with Gasteiger partial charge in [-0.25, -0.2) is 0 Å². The summed E-state index contributed by atoms with van der Waals surface area (Å²) in [5.74, 6) is 0.0201. The standard InChI is InChI=1S/C11H21NO3/c1-9(14-3)11(13)12(2)8-10-6-4-5-7-15-10/h9-10H,4-8H2,1-3H3. The average molecular weight is 215 g/mol. The molecular weight excluding hydrogens is 194 g/mol. The third kappa shape index (κ3) is 3.80. The Morgan fingerprint density at radius 3 is 2.87 bits per heavy atom. The number of nitrogens with zero attached hydrogens (tertiary/aromatic N) is 1. The molecule has 88 valence electrons. The highest BCUT2D eigenvalue weighted by atomic mass is 16.5. The van der Waals surface area contributed by atoms with Gasteiger partial charge < -0.3 is 14.4 Å². The van der Waals surface area contributed by atoms with Crippen molar-refractivity contribution in [3.63, 3.8) is 0 Å². The van der Waals surface area contributed by atoms with Gasteiger partial charge in [-0.15, -0.1) is 0 Å². The van der Waals surface area contributed by atoms with Gasteiger partial charge in [0.1, 0.15) is 6.10 Å². The van der Waals surface area contributed by atoms with Crippen LogP contribution in [0.3, 0.4) is 0 Å². The predicted molar refractivity (Wildman–Crippen MR) is 57.7 cm³/mol. The van der Waals surface area contributed by atoms with Crippen LogP contribution < -0.4 is 0 Å². The summed E-state index contributed by atoms with van der Waals surface area (Å²) in [6.45, 7) is 3.26. The Hall–Kier alpha value is -0.610. The van der Waals surface area contributed by atoms with Gasteiger partial charge in [0.15, 0.2) is 0 Å². The lowest BCUT2D eigenvalue weighted by atomic mass is 10.1. The van der Waals surface area contributed by atoms with Crippen LogP contribution in [-0.2, 0) is 14.3 Å². The van der Waals surface area contributed by atoms with Gasteiger partial charge in [0, 0.05) is 27.3 Å². The fraction of sp³-hybridized carbons (Fsp3) is 0.909. The number of methoxy groups -OCH3 is 1. The van der Waals surface area contributed by atoms with Crippen molar-refractivity contribution < 1.29 is 14.3 Å². The van der Waals surface area contributed by atoms with Crippen LogP contribution in [0.15, 0.2) is 0 Å². The molecule has 4 nitrogen and oxygen atoms in total. The van der Waals surface area contributed by atoms with E-state index in [1.54, 1.807) is 26.0 Å². The van der Waals surface area contributed by atoms with Crippen LogP contribution in [0.1, 0.15) is 26.2 Å². The van der Waals surface area contributed by atoms with Crippen LogP contribution in [-0.4, -0.2) is 50.3 Å². The summed E-state index contributed by atoms with van der Waals surface area (Å²) >= 11 is 0. The molecule has 1 amide bonds. The van der Waals surface area contributed by atoms with Crippen molar-refractivity contribution in [1.29, 1.82) is 0 Å². The Morgan fingerprint density at radius 1 is 1.60 bits per heavy atom. The third-order valence-electron chi connectivity index (χ3n) is 2.83. The molecule has 0 saturated carbocycles. The van der Waals surface area contributed by atoms with Crippen LogP contribution in [0.25, 0.3) is 0 Å². The van der Waals surface area contributed by atoms with Crippen molar-refractivity contribution in [3.05, 3.63) is 0 Å². The van der Waals surface area contributed by atoms with Gasteiger partial charge in [-0.1, -0.05) is 0 Å². The van der Waals surface area contributed by atoms with E-state index >= 15 is 0 Å². The number of hydrogen-bond acceptors (Lipinski definition) is 3. The molecule has 2 unspecified atom stereocenters. The number of carbonyl (C=O) groups excluding carboxylic acids is 1. The molecule has 1 heterocycles. The van der Waals surface area contributed by atoms with Crippen molar-refractivity contribution in [3.8, 4) is 0 Å². The molecule has 1 aliphatic rings. The molecule has 0 aliphatic carbocycles. The summed E-state index contributed by atoms with van der Waals surface area (Å²) in [4.78, 5) is 13.4. The molecule has 1 rings (SSSR count). The minimum atomic E-state index is -0.362. The summed E-state index contributed by atoms with van der Waals surface area (Å²) in [6, 6.07) is 0. The summed E-state index contributed by atoms with van der Waals surface area (Å²) in [7, 11) is 3.35. The Morgan fingerprint density at radius 2 is 2.33 bits per heavy atom. The zero-order valence-corrected chi connectivity index (χ0v) is 9.86. The predicted octanol–water partition coefficient (Wildman–Crippen LogP) is 1.05. The van der Waals surface area contributed by atoms with E-state index in [2.05, 4.69) is 0 Å². The van der Waals surface area contributed by atoms with Crippen molar-refractivity contribution in [2.45, 2.75) is 38.4 Å². The first kappa shape index (κ1) is 12.5. The lowest BCUT2D eigenvalue weighted by molar-refractivity contribution is -0.141. The Labute approximate surface area is 91.5 Å². The molecule has 0 aromatic rings. The third-order valence-corrected chi connectivity index (χ3v) is 2.83. The molecule has 4 heteroatoms. The van der Waals surface area contributed by atoms with Gasteiger partial charge in [0.05, 0.1) is 6.10 Å². The molecule has 0 N–H and O–H groups in total. The van der Waals surface area contributed by atoms with Crippen LogP contribution in [0.5, 0.6) is 0 Å². The highest BCUT2D eigenvalue weighted by Gasteiger charge is 2.21. The van der Waals surface area contributed by atoms with E-state index < -0.39 is 0 Å². The average Bonchev–Trinajstić information content (AvgIpc) is 2.28. The maximum atomic E-state index is 11.7. The maximum absolute atomic E-state index is 11.7. The lowest BCUT2D eigenvalue weighted by Crippen LogP contribution is -2.41. The van der Waals surface area contributed by atoms with Crippen LogP contribution in [0.2, 0.25) is 0 Å². The van der Waals surface area contributed by atoms with Crippen LogP contribution in [0.4, 0.5) is 0 Å². The second-order valence-corrected chi connectivity index (χ2v) is 4.09. The fourth-order valence-corrected chi connectivity index (χ4v) is 1.76. The monoisotopic (exact) mass is 215 g/mol. The van der Waals surface area contributed by atoms with Gasteiger partial charge in [0.2, 0.25) is 0 Å². The first-order chi connectivity index (χ1) is 7.15. The van der Waals surface area contributed by atoms with E-state index in [-0.39, 0.29) is 18.1 Å². The van der Waals surface area contributed by atoms with E-state index in [0.29, 0.717) is 6.54 Å². The maximum Gasteiger partial charge on any atom is 0.251 e. The number of carbonyl (C=O) groups is 1. The zero-order chi connectivity index (χ0) is 11.3. The molecule has 1 aliphatic heterocycles. The minimum absolute atomic E-state index is 0.0201. The van der Waals surface area contributed by atoms with E-state index in [4.69, 9.17) is 9.47 Å². The van der Waals surface area contributed by atoms with Gasteiger partial charge >= 0.3 is 0 Å². The number of ether oxygens (including phenoxy) is 2. The lowest BCUT2D eigenvalue weighted by Gasteiger charge is -2.28. The van der Waals surface area contributed by atoms with E-state index in [0.717, 1.165) is 19.4 Å².